The molecule has 0 rings (SSSR count). The van der Waals surface area contributed by atoms with Crippen molar-refractivity contribution in [2.45, 2.75) is 277 Å². The zero-order valence-corrected chi connectivity index (χ0v) is 42.3. The number of allylic oxidation sites excluding steroid dienone is 10. The Labute approximate surface area is 396 Å². The summed E-state index contributed by atoms with van der Waals surface area (Å²) in [4.78, 5) is 38.0. The molecule has 0 bridgehead atoms. The maximum absolute atomic E-state index is 12.8. The van der Waals surface area contributed by atoms with Gasteiger partial charge in [0.05, 0.1) is 0 Å². The molecule has 6 nitrogen and oxygen atoms in total. The van der Waals surface area contributed by atoms with Crippen LogP contribution < -0.4 is 0 Å². The molecule has 0 aliphatic rings. The van der Waals surface area contributed by atoms with E-state index in [9.17, 15) is 14.4 Å². The molecule has 0 aromatic carbocycles. The lowest BCUT2D eigenvalue weighted by atomic mass is 10.1. The molecule has 64 heavy (non-hydrogen) atoms. The minimum absolute atomic E-state index is 0.0786. The van der Waals surface area contributed by atoms with Crippen LogP contribution in [0, 0.1) is 0 Å². The summed E-state index contributed by atoms with van der Waals surface area (Å²) in [6.07, 6.45) is 64.9. The van der Waals surface area contributed by atoms with Gasteiger partial charge in [-0.3, -0.25) is 14.4 Å². The van der Waals surface area contributed by atoms with Crippen LogP contribution in [0.5, 0.6) is 0 Å². The molecule has 0 aromatic rings. The predicted molar refractivity (Wildman–Crippen MR) is 275 cm³/mol. The molecular weight excluding hydrogens is 793 g/mol. The normalized spacial score (nSPS) is 12.5. The Hall–Kier alpha value is -2.89. The largest absolute Gasteiger partial charge is 0.462 e. The summed E-state index contributed by atoms with van der Waals surface area (Å²) >= 11 is 0. The minimum Gasteiger partial charge on any atom is -0.462 e. The predicted octanol–water partition coefficient (Wildman–Crippen LogP) is 18.0. The fraction of sp³-hybridized carbons (Fsp3) is 0.776. The first-order valence-corrected chi connectivity index (χ1v) is 27.3. The van der Waals surface area contributed by atoms with Crippen molar-refractivity contribution in [1.29, 1.82) is 0 Å². The molecule has 0 heterocycles. The summed E-state index contributed by atoms with van der Waals surface area (Å²) in [5.74, 6) is -0.891. The number of carbonyl (C=O) groups excluding carboxylic acids is 3. The highest BCUT2D eigenvalue weighted by atomic mass is 16.6. The third-order valence-corrected chi connectivity index (χ3v) is 11.8. The van der Waals surface area contributed by atoms with E-state index in [2.05, 4.69) is 81.5 Å². The Morgan fingerprint density at radius 2 is 0.609 bits per heavy atom. The smallest absolute Gasteiger partial charge is 0.306 e. The second-order valence-electron chi connectivity index (χ2n) is 18.1. The maximum Gasteiger partial charge on any atom is 0.306 e. The number of rotatable bonds is 49. The van der Waals surface area contributed by atoms with Crippen molar-refractivity contribution in [1.82, 2.24) is 0 Å². The van der Waals surface area contributed by atoms with E-state index in [1.54, 1.807) is 0 Å². The van der Waals surface area contributed by atoms with Crippen molar-refractivity contribution in [3.63, 3.8) is 0 Å². The van der Waals surface area contributed by atoms with Gasteiger partial charge < -0.3 is 14.2 Å². The van der Waals surface area contributed by atoms with Crippen LogP contribution in [-0.4, -0.2) is 37.2 Å². The van der Waals surface area contributed by atoms with Gasteiger partial charge in [0.1, 0.15) is 13.2 Å². The number of unbranched alkanes of at least 4 members (excludes halogenated alkanes) is 28. The Morgan fingerprint density at radius 3 is 0.969 bits per heavy atom. The summed E-state index contributed by atoms with van der Waals surface area (Å²) < 4.78 is 16.8. The average molecular weight is 895 g/mol. The van der Waals surface area contributed by atoms with Crippen LogP contribution in [0.2, 0.25) is 0 Å². The quantitative estimate of drug-likeness (QED) is 0.0262. The molecule has 0 aliphatic heterocycles. The van der Waals surface area contributed by atoms with E-state index in [0.717, 1.165) is 89.9 Å². The van der Waals surface area contributed by atoms with Gasteiger partial charge in [-0.25, -0.2) is 0 Å². The van der Waals surface area contributed by atoms with E-state index in [-0.39, 0.29) is 31.1 Å². The van der Waals surface area contributed by atoms with Crippen LogP contribution in [0.15, 0.2) is 60.8 Å². The van der Waals surface area contributed by atoms with Gasteiger partial charge in [0.25, 0.3) is 0 Å². The summed E-state index contributed by atoms with van der Waals surface area (Å²) in [5.41, 5.74) is 0. The van der Waals surface area contributed by atoms with Gasteiger partial charge >= 0.3 is 17.9 Å². The van der Waals surface area contributed by atoms with E-state index in [1.807, 2.05) is 0 Å². The lowest BCUT2D eigenvalue weighted by Gasteiger charge is -2.18. The molecule has 0 aromatic heterocycles. The van der Waals surface area contributed by atoms with Crippen molar-refractivity contribution in [3.05, 3.63) is 60.8 Å². The van der Waals surface area contributed by atoms with E-state index in [0.29, 0.717) is 19.3 Å². The highest BCUT2D eigenvalue weighted by Crippen LogP contribution is 2.15. The first-order chi connectivity index (χ1) is 31.5. The summed E-state index contributed by atoms with van der Waals surface area (Å²) in [7, 11) is 0. The maximum atomic E-state index is 12.8. The third kappa shape index (κ3) is 50.1. The molecule has 0 radical (unpaired) electrons. The van der Waals surface area contributed by atoms with E-state index in [4.69, 9.17) is 14.2 Å². The van der Waals surface area contributed by atoms with Gasteiger partial charge in [-0.15, -0.1) is 0 Å². The second-order valence-corrected chi connectivity index (χ2v) is 18.1. The van der Waals surface area contributed by atoms with Crippen LogP contribution in [0.25, 0.3) is 0 Å². The second kappa shape index (κ2) is 52.7. The minimum atomic E-state index is -0.779. The van der Waals surface area contributed by atoms with Crippen molar-refractivity contribution in [3.8, 4) is 0 Å². The highest BCUT2D eigenvalue weighted by Gasteiger charge is 2.19. The van der Waals surface area contributed by atoms with Gasteiger partial charge in [-0.2, -0.15) is 0 Å². The molecule has 6 heteroatoms. The molecule has 0 saturated heterocycles. The SMILES string of the molecule is CC/C=C\C/C=C\C/C=C\C/C=C\CCCCCCCCC(=O)OCC(COC(=O)CCCCCCCCCCCC)OC(=O)CCCCCCCCC/C=C\CCCCCCCC. The Morgan fingerprint density at radius 1 is 0.328 bits per heavy atom. The first-order valence-electron chi connectivity index (χ1n) is 27.3. The molecule has 370 valence electrons. The molecular formula is C58H102O6. The lowest BCUT2D eigenvalue weighted by molar-refractivity contribution is -0.167. The molecule has 0 fully saturated rings. The van der Waals surface area contributed by atoms with E-state index in [1.165, 1.54) is 141 Å². The number of hydrogen-bond donors (Lipinski definition) is 0. The summed E-state index contributed by atoms with van der Waals surface area (Å²) in [6, 6.07) is 0. The molecule has 1 unspecified atom stereocenters. The molecule has 0 N–H and O–H groups in total. The van der Waals surface area contributed by atoms with Gasteiger partial charge in [-0.05, 0) is 83.5 Å². The third-order valence-electron chi connectivity index (χ3n) is 11.8. The Bertz CT molecular complexity index is 1170. The number of ether oxygens (including phenoxy) is 3. The highest BCUT2D eigenvalue weighted by molar-refractivity contribution is 5.71. The van der Waals surface area contributed by atoms with Crippen LogP contribution >= 0.6 is 0 Å². The number of carbonyl (C=O) groups is 3. The van der Waals surface area contributed by atoms with Gasteiger partial charge in [-0.1, -0.05) is 229 Å². The van der Waals surface area contributed by atoms with Crippen LogP contribution in [0.4, 0.5) is 0 Å². The first kappa shape index (κ1) is 61.1. The van der Waals surface area contributed by atoms with Gasteiger partial charge in [0.15, 0.2) is 6.10 Å². The standard InChI is InChI=1S/C58H102O6/c1-4-7-10-13-16-19-22-24-26-28-29-31-32-34-36-39-42-45-48-51-57(60)63-54-55(53-62-56(59)50-47-44-41-38-21-18-15-12-9-6-3)64-58(61)52-49-46-43-40-37-35-33-30-27-25-23-20-17-14-11-8-5-2/h7,10,16,19,24-27,29,31,55H,4-6,8-9,11-15,17-18,20-23,28,30,32-54H2,1-3H3/b10-7-,19-16-,26-24-,27-25-,31-29-. The number of esters is 3. The lowest BCUT2D eigenvalue weighted by Crippen LogP contribution is -2.30. The molecule has 0 saturated carbocycles. The van der Waals surface area contributed by atoms with E-state index >= 15 is 0 Å². The zero-order valence-electron chi connectivity index (χ0n) is 42.3. The summed E-state index contributed by atoms with van der Waals surface area (Å²) in [6.45, 7) is 6.51. The van der Waals surface area contributed by atoms with Gasteiger partial charge in [0, 0.05) is 19.3 Å². The van der Waals surface area contributed by atoms with Crippen LogP contribution in [0.1, 0.15) is 271 Å². The average Bonchev–Trinajstić information content (AvgIpc) is 3.29. The van der Waals surface area contributed by atoms with Crippen molar-refractivity contribution < 1.29 is 28.6 Å². The fourth-order valence-electron chi connectivity index (χ4n) is 7.66. The van der Waals surface area contributed by atoms with Crippen LogP contribution in [-0.2, 0) is 28.6 Å². The topological polar surface area (TPSA) is 78.9 Å². The van der Waals surface area contributed by atoms with Crippen molar-refractivity contribution in [2.75, 3.05) is 13.2 Å². The van der Waals surface area contributed by atoms with Crippen molar-refractivity contribution in [2.24, 2.45) is 0 Å². The molecule has 0 spiro atoms. The zero-order chi connectivity index (χ0) is 46.5. The monoisotopic (exact) mass is 895 g/mol. The summed E-state index contributed by atoms with van der Waals surface area (Å²) in [5, 5.41) is 0. The molecule has 0 aliphatic carbocycles. The Balaban J connectivity index is 4.35. The molecule has 1 atom stereocenters. The van der Waals surface area contributed by atoms with Crippen molar-refractivity contribution >= 4 is 17.9 Å². The van der Waals surface area contributed by atoms with E-state index < -0.39 is 6.10 Å². The van der Waals surface area contributed by atoms with Gasteiger partial charge in [0.2, 0.25) is 0 Å². The fourth-order valence-corrected chi connectivity index (χ4v) is 7.66. The van der Waals surface area contributed by atoms with Crippen LogP contribution in [0.3, 0.4) is 0 Å². The number of hydrogen-bond acceptors (Lipinski definition) is 6. The Kier molecular flexibility index (Phi) is 50.4. The molecule has 0 amide bonds.